The predicted molar refractivity (Wildman–Crippen MR) is 33.3 cm³/mol. The van der Waals surface area contributed by atoms with Crippen LogP contribution in [0.15, 0.2) is 0 Å². The van der Waals surface area contributed by atoms with Gasteiger partial charge in [0.15, 0.2) is 0 Å². The highest BCUT2D eigenvalue weighted by molar-refractivity contribution is 4.39. The maximum Gasteiger partial charge on any atom is 0.0575 e. The molecule has 0 aliphatic heterocycles. The number of nitrogens with two attached hydrogens (primary N) is 1. The minimum Gasteiger partial charge on any atom is -0.330 e. The van der Waals surface area contributed by atoms with Crippen molar-refractivity contribution in [3.05, 3.63) is 0 Å². The van der Waals surface area contributed by atoms with Crippen molar-refractivity contribution in [2.75, 3.05) is 27.2 Å². The van der Waals surface area contributed by atoms with E-state index in [-0.39, 0.29) is 0 Å². The Kier molecular flexibility index (Phi) is 4.95. The molecule has 0 saturated heterocycles. The van der Waals surface area contributed by atoms with Crippen LogP contribution in [0, 0.1) is 0 Å². The van der Waals surface area contributed by atoms with Crippen LogP contribution in [-0.4, -0.2) is 32.3 Å². The molecule has 0 aromatic heterocycles. The number of rotatable bonds is 4. The Labute approximate surface area is 50.4 Å². The molecule has 2 N–H and O–H groups in total. The van der Waals surface area contributed by atoms with E-state index in [4.69, 9.17) is 10.6 Å². The Balaban J connectivity index is 2.86. The zero-order chi connectivity index (χ0) is 6.41. The monoisotopic (exact) mass is 118 g/mol. The third-order valence-corrected chi connectivity index (χ3v) is 0.989. The summed E-state index contributed by atoms with van der Waals surface area (Å²) in [5.74, 6) is 0. The first-order chi connectivity index (χ1) is 3.81. The molecule has 0 aliphatic rings. The van der Waals surface area contributed by atoms with E-state index in [1.54, 1.807) is 12.2 Å². The summed E-state index contributed by atoms with van der Waals surface area (Å²) in [6.45, 7) is 1.64. The normalized spacial score (nSPS) is 10.5. The Morgan fingerprint density at radius 3 is 2.62 bits per heavy atom. The van der Waals surface area contributed by atoms with Crippen molar-refractivity contribution in [3.8, 4) is 0 Å². The van der Waals surface area contributed by atoms with Gasteiger partial charge in [0.05, 0.1) is 7.11 Å². The van der Waals surface area contributed by atoms with E-state index in [9.17, 15) is 0 Å². The Hall–Kier alpha value is -0.120. The predicted octanol–water partition coefficient (Wildman–Crippen LogP) is -0.172. The first-order valence-corrected chi connectivity index (χ1v) is 2.76. The number of hydrogen-bond donors (Lipinski definition) is 1. The van der Waals surface area contributed by atoms with Gasteiger partial charge in [0.25, 0.3) is 0 Å². The first-order valence-electron chi connectivity index (χ1n) is 2.76. The molecule has 3 nitrogen and oxygen atoms in total. The average Bonchev–Trinajstić information content (AvgIpc) is 1.83. The van der Waals surface area contributed by atoms with Crippen LogP contribution in [0.5, 0.6) is 0 Å². The minimum absolute atomic E-state index is 0.730. The second-order valence-electron chi connectivity index (χ2n) is 1.68. The van der Waals surface area contributed by atoms with Gasteiger partial charge < -0.3 is 10.6 Å². The summed E-state index contributed by atoms with van der Waals surface area (Å²) in [5.41, 5.74) is 5.25. The van der Waals surface area contributed by atoms with E-state index in [2.05, 4.69) is 0 Å². The van der Waals surface area contributed by atoms with Crippen LogP contribution in [0.2, 0.25) is 0 Å². The average molecular weight is 118 g/mol. The molecular formula is C5H14N2O. The van der Waals surface area contributed by atoms with Gasteiger partial charge in [-0.3, -0.25) is 0 Å². The van der Waals surface area contributed by atoms with E-state index in [1.807, 2.05) is 7.05 Å². The van der Waals surface area contributed by atoms with Gasteiger partial charge in [-0.2, -0.15) is 5.06 Å². The molecule has 0 spiro atoms. The Morgan fingerprint density at radius 2 is 2.25 bits per heavy atom. The maximum atomic E-state index is 5.25. The number of hydroxylamine groups is 2. The van der Waals surface area contributed by atoms with Crippen LogP contribution >= 0.6 is 0 Å². The van der Waals surface area contributed by atoms with Crippen molar-refractivity contribution in [2.45, 2.75) is 6.42 Å². The summed E-state index contributed by atoms with van der Waals surface area (Å²) in [7, 11) is 3.53. The molecule has 0 unspecified atom stereocenters. The van der Waals surface area contributed by atoms with Crippen LogP contribution in [0.4, 0.5) is 0 Å². The molecule has 0 amide bonds. The summed E-state index contributed by atoms with van der Waals surface area (Å²) in [6, 6.07) is 0. The van der Waals surface area contributed by atoms with Crippen molar-refractivity contribution >= 4 is 0 Å². The second-order valence-corrected chi connectivity index (χ2v) is 1.68. The zero-order valence-electron chi connectivity index (χ0n) is 5.55. The number of hydrogen-bond acceptors (Lipinski definition) is 3. The Bertz CT molecular complexity index is 49.7. The van der Waals surface area contributed by atoms with E-state index < -0.39 is 0 Å². The molecule has 0 atom stereocenters. The largest absolute Gasteiger partial charge is 0.330 e. The van der Waals surface area contributed by atoms with Crippen LogP contribution in [0.25, 0.3) is 0 Å². The fourth-order valence-electron chi connectivity index (χ4n) is 0.405. The van der Waals surface area contributed by atoms with Crippen molar-refractivity contribution in [2.24, 2.45) is 5.73 Å². The summed E-state index contributed by atoms with van der Waals surface area (Å²) in [4.78, 5) is 4.83. The molecule has 0 aromatic carbocycles. The zero-order valence-corrected chi connectivity index (χ0v) is 5.55. The molecule has 0 saturated carbocycles. The van der Waals surface area contributed by atoms with Crippen LogP contribution in [0.3, 0.4) is 0 Å². The van der Waals surface area contributed by atoms with E-state index in [0.717, 1.165) is 19.5 Å². The van der Waals surface area contributed by atoms with Gasteiger partial charge in [-0.1, -0.05) is 0 Å². The smallest absolute Gasteiger partial charge is 0.0575 e. The molecule has 3 heteroatoms. The Morgan fingerprint density at radius 1 is 1.62 bits per heavy atom. The molecule has 0 aromatic rings. The van der Waals surface area contributed by atoms with Gasteiger partial charge in [0, 0.05) is 13.6 Å². The highest BCUT2D eigenvalue weighted by Gasteiger charge is 1.90. The second kappa shape index (κ2) is 5.03. The minimum atomic E-state index is 0.730. The van der Waals surface area contributed by atoms with Crippen molar-refractivity contribution in [1.82, 2.24) is 5.06 Å². The summed E-state index contributed by atoms with van der Waals surface area (Å²) in [6.07, 6.45) is 0.990. The fraction of sp³-hybridized carbons (Fsp3) is 1.00. The molecule has 0 heterocycles. The van der Waals surface area contributed by atoms with E-state index >= 15 is 0 Å². The van der Waals surface area contributed by atoms with Gasteiger partial charge in [-0.25, -0.2) is 0 Å². The standard InChI is InChI=1S/C5H14N2O/c1-7(8-2)5-3-4-6/h3-6H2,1-2H3. The molecule has 0 bridgehead atoms. The lowest BCUT2D eigenvalue weighted by atomic mass is 10.4. The summed E-state index contributed by atoms with van der Waals surface area (Å²) >= 11 is 0. The third-order valence-electron chi connectivity index (χ3n) is 0.989. The molecule has 50 valence electrons. The van der Waals surface area contributed by atoms with Crippen LogP contribution < -0.4 is 5.73 Å². The molecule has 0 fully saturated rings. The third kappa shape index (κ3) is 4.05. The molecule has 0 rings (SSSR count). The first kappa shape index (κ1) is 7.88. The lowest BCUT2D eigenvalue weighted by Crippen LogP contribution is -2.20. The van der Waals surface area contributed by atoms with Crippen molar-refractivity contribution in [1.29, 1.82) is 0 Å². The van der Waals surface area contributed by atoms with Crippen molar-refractivity contribution in [3.63, 3.8) is 0 Å². The highest BCUT2D eigenvalue weighted by atomic mass is 16.7. The summed E-state index contributed by atoms with van der Waals surface area (Å²) in [5, 5.41) is 1.76. The lowest BCUT2D eigenvalue weighted by molar-refractivity contribution is -0.108. The van der Waals surface area contributed by atoms with Crippen LogP contribution in [-0.2, 0) is 4.84 Å². The van der Waals surface area contributed by atoms with E-state index in [0.29, 0.717) is 0 Å². The van der Waals surface area contributed by atoms with E-state index in [1.165, 1.54) is 0 Å². The molecule has 8 heavy (non-hydrogen) atoms. The summed E-state index contributed by atoms with van der Waals surface area (Å²) < 4.78 is 0. The molecule has 0 aliphatic carbocycles. The van der Waals surface area contributed by atoms with Gasteiger partial charge in [-0.05, 0) is 13.0 Å². The van der Waals surface area contributed by atoms with Gasteiger partial charge in [0.1, 0.15) is 0 Å². The van der Waals surface area contributed by atoms with Crippen molar-refractivity contribution < 1.29 is 4.84 Å². The van der Waals surface area contributed by atoms with Gasteiger partial charge in [0.2, 0.25) is 0 Å². The maximum absolute atomic E-state index is 5.25. The van der Waals surface area contributed by atoms with Gasteiger partial charge in [-0.15, -0.1) is 0 Å². The van der Waals surface area contributed by atoms with Crippen LogP contribution in [0.1, 0.15) is 6.42 Å². The quantitative estimate of drug-likeness (QED) is 0.521. The fourth-order valence-corrected chi connectivity index (χ4v) is 0.405. The highest BCUT2D eigenvalue weighted by Crippen LogP contribution is 1.82. The SMILES string of the molecule is CON(C)CCCN. The number of nitrogens with zero attached hydrogens (tertiary/aromatic N) is 1. The molecule has 0 radical (unpaired) electrons. The van der Waals surface area contributed by atoms with Gasteiger partial charge >= 0.3 is 0 Å². The topological polar surface area (TPSA) is 38.5 Å². The molecular weight excluding hydrogens is 104 g/mol. The lowest BCUT2D eigenvalue weighted by Gasteiger charge is -2.11.